The van der Waals surface area contributed by atoms with Crippen molar-refractivity contribution in [1.82, 2.24) is 0 Å². The zero-order valence-electron chi connectivity index (χ0n) is 8.54. The number of carbonyl (C=O) groups is 2. The van der Waals surface area contributed by atoms with Gasteiger partial charge in [-0.3, -0.25) is 9.59 Å². The van der Waals surface area contributed by atoms with Crippen LogP contribution in [0.2, 0.25) is 0 Å². The third kappa shape index (κ3) is 1.58. The fourth-order valence-corrected chi connectivity index (χ4v) is 1.70. The summed E-state index contributed by atoms with van der Waals surface area (Å²) in [5.41, 5.74) is -0.180. The Morgan fingerprint density at radius 1 is 1.31 bits per heavy atom. The van der Waals surface area contributed by atoms with E-state index in [1.807, 2.05) is 0 Å². The van der Waals surface area contributed by atoms with Crippen molar-refractivity contribution in [2.45, 2.75) is 13.3 Å². The maximum atomic E-state index is 13.4. The summed E-state index contributed by atoms with van der Waals surface area (Å²) in [4.78, 5) is 23.9. The molecule has 0 radical (unpaired) electrons. The van der Waals surface area contributed by atoms with Gasteiger partial charge >= 0.3 is 0 Å². The van der Waals surface area contributed by atoms with Crippen LogP contribution in [0.25, 0.3) is 0 Å². The summed E-state index contributed by atoms with van der Waals surface area (Å²) in [5.74, 6) is -3.00. The Morgan fingerprint density at radius 2 is 2.00 bits per heavy atom. The van der Waals surface area contributed by atoms with Crippen molar-refractivity contribution in [3.63, 3.8) is 0 Å². The molecule has 1 atom stereocenters. The predicted molar refractivity (Wildman–Crippen MR) is 52.6 cm³/mol. The zero-order valence-corrected chi connectivity index (χ0v) is 8.54. The van der Waals surface area contributed by atoms with Crippen LogP contribution in [-0.2, 0) is 9.59 Å². The van der Waals surface area contributed by atoms with E-state index in [2.05, 4.69) is 0 Å². The molecule has 0 aliphatic carbocycles. The van der Waals surface area contributed by atoms with E-state index in [0.29, 0.717) is 6.07 Å². The van der Waals surface area contributed by atoms with E-state index in [9.17, 15) is 18.4 Å². The highest BCUT2D eigenvalue weighted by atomic mass is 19.1. The standard InChI is InChI=1S/C11H9F2NO2/c1-6-4-10(15)14(11(6)16)9-3-2-7(12)5-8(9)13/h2-3,5-6H,4H2,1H3. The Morgan fingerprint density at radius 3 is 2.50 bits per heavy atom. The summed E-state index contributed by atoms with van der Waals surface area (Å²) in [5, 5.41) is 0. The van der Waals surface area contributed by atoms with E-state index < -0.39 is 29.4 Å². The molecule has 2 rings (SSSR count). The first-order valence-corrected chi connectivity index (χ1v) is 4.82. The first kappa shape index (κ1) is 10.7. The van der Waals surface area contributed by atoms with Gasteiger partial charge in [0.2, 0.25) is 11.8 Å². The van der Waals surface area contributed by atoms with Crippen LogP contribution in [0, 0.1) is 17.6 Å². The topological polar surface area (TPSA) is 37.4 Å². The highest BCUT2D eigenvalue weighted by molar-refractivity contribution is 6.20. The SMILES string of the molecule is CC1CC(=O)N(c2ccc(F)cc2F)C1=O. The summed E-state index contributed by atoms with van der Waals surface area (Å²) in [6.45, 7) is 1.60. The summed E-state index contributed by atoms with van der Waals surface area (Å²) in [6, 6.07) is 2.76. The van der Waals surface area contributed by atoms with Gasteiger partial charge in [0.05, 0.1) is 5.69 Å². The van der Waals surface area contributed by atoms with Gasteiger partial charge in [0.15, 0.2) is 0 Å². The fraction of sp³-hybridized carbons (Fsp3) is 0.273. The average molecular weight is 225 g/mol. The van der Waals surface area contributed by atoms with Gasteiger partial charge in [0.1, 0.15) is 11.6 Å². The van der Waals surface area contributed by atoms with Crippen LogP contribution in [0.15, 0.2) is 18.2 Å². The number of anilines is 1. The van der Waals surface area contributed by atoms with Gasteiger partial charge in [-0.15, -0.1) is 0 Å². The maximum Gasteiger partial charge on any atom is 0.237 e. The number of nitrogens with zero attached hydrogens (tertiary/aromatic N) is 1. The molecule has 1 aliphatic rings. The largest absolute Gasteiger partial charge is 0.274 e. The Labute approximate surface area is 90.7 Å². The van der Waals surface area contributed by atoms with Crippen molar-refractivity contribution >= 4 is 17.5 Å². The number of carbonyl (C=O) groups excluding carboxylic acids is 2. The van der Waals surface area contributed by atoms with E-state index in [4.69, 9.17) is 0 Å². The lowest BCUT2D eigenvalue weighted by Gasteiger charge is -2.14. The minimum absolute atomic E-state index is 0.0651. The normalized spacial score (nSPS) is 20.7. The van der Waals surface area contributed by atoms with Crippen molar-refractivity contribution in [3.05, 3.63) is 29.8 Å². The summed E-state index contributed by atoms with van der Waals surface area (Å²) >= 11 is 0. The van der Waals surface area contributed by atoms with E-state index in [1.54, 1.807) is 6.92 Å². The Balaban J connectivity index is 2.45. The van der Waals surface area contributed by atoms with Crippen molar-refractivity contribution < 1.29 is 18.4 Å². The Kier molecular flexibility index (Phi) is 2.46. The van der Waals surface area contributed by atoms with Crippen LogP contribution in [0.4, 0.5) is 14.5 Å². The Bertz CT molecular complexity index is 473. The summed E-state index contributed by atoms with van der Waals surface area (Å²) < 4.78 is 26.1. The molecule has 0 bridgehead atoms. The highest BCUT2D eigenvalue weighted by Crippen LogP contribution is 2.28. The van der Waals surface area contributed by atoms with Gasteiger partial charge in [0.25, 0.3) is 0 Å². The lowest BCUT2D eigenvalue weighted by molar-refractivity contribution is -0.122. The van der Waals surface area contributed by atoms with Gasteiger partial charge in [0, 0.05) is 18.4 Å². The van der Waals surface area contributed by atoms with Gasteiger partial charge in [-0.05, 0) is 12.1 Å². The number of rotatable bonds is 1. The van der Waals surface area contributed by atoms with Gasteiger partial charge in [-0.25, -0.2) is 13.7 Å². The maximum absolute atomic E-state index is 13.4. The Hall–Kier alpha value is -1.78. The second-order valence-electron chi connectivity index (χ2n) is 3.77. The molecule has 1 aromatic carbocycles. The smallest absolute Gasteiger partial charge is 0.237 e. The van der Waals surface area contributed by atoms with Gasteiger partial charge in [-0.1, -0.05) is 6.92 Å². The minimum atomic E-state index is -0.907. The average Bonchev–Trinajstić information content (AvgIpc) is 2.43. The first-order valence-electron chi connectivity index (χ1n) is 4.82. The fourth-order valence-electron chi connectivity index (χ4n) is 1.70. The molecule has 2 amide bonds. The number of amides is 2. The lowest BCUT2D eigenvalue weighted by Crippen LogP contribution is -2.30. The van der Waals surface area contributed by atoms with E-state index >= 15 is 0 Å². The molecular formula is C11H9F2NO2. The number of hydrogen-bond donors (Lipinski definition) is 0. The lowest BCUT2D eigenvalue weighted by atomic mass is 10.1. The molecular weight excluding hydrogens is 216 g/mol. The quantitative estimate of drug-likeness (QED) is 0.684. The predicted octanol–water partition coefficient (Wildman–Crippen LogP) is 1.86. The van der Waals surface area contributed by atoms with Crippen LogP contribution in [0.3, 0.4) is 0 Å². The van der Waals surface area contributed by atoms with Crippen LogP contribution in [-0.4, -0.2) is 11.8 Å². The molecule has 0 spiro atoms. The second-order valence-corrected chi connectivity index (χ2v) is 3.77. The molecule has 1 aromatic rings. The zero-order chi connectivity index (χ0) is 11.9. The molecule has 1 saturated heterocycles. The van der Waals surface area contributed by atoms with Crippen molar-refractivity contribution in [2.24, 2.45) is 5.92 Å². The molecule has 1 aliphatic heterocycles. The molecule has 0 saturated carbocycles. The first-order chi connectivity index (χ1) is 7.50. The van der Waals surface area contributed by atoms with Gasteiger partial charge in [-0.2, -0.15) is 0 Å². The van der Waals surface area contributed by atoms with E-state index in [1.165, 1.54) is 0 Å². The van der Waals surface area contributed by atoms with Crippen LogP contribution in [0.1, 0.15) is 13.3 Å². The monoisotopic (exact) mass is 225 g/mol. The molecule has 3 nitrogen and oxygen atoms in total. The summed E-state index contributed by atoms with van der Waals surface area (Å²) in [6.07, 6.45) is 0.0651. The van der Waals surface area contributed by atoms with Crippen LogP contribution < -0.4 is 4.90 Å². The molecule has 1 fully saturated rings. The van der Waals surface area contributed by atoms with Crippen molar-refractivity contribution in [2.75, 3.05) is 4.90 Å². The third-order valence-corrected chi connectivity index (χ3v) is 2.52. The van der Waals surface area contributed by atoms with Crippen molar-refractivity contribution in [1.29, 1.82) is 0 Å². The molecule has 1 unspecified atom stereocenters. The molecule has 0 N–H and O–H groups in total. The molecule has 5 heteroatoms. The van der Waals surface area contributed by atoms with Gasteiger partial charge < -0.3 is 0 Å². The second kappa shape index (κ2) is 3.66. The molecule has 16 heavy (non-hydrogen) atoms. The van der Waals surface area contributed by atoms with E-state index in [0.717, 1.165) is 17.0 Å². The van der Waals surface area contributed by atoms with Crippen LogP contribution >= 0.6 is 0 Å². The minimum Gasteiger partial charge on any atom is -0.274 e. The van der Waals surface area contributed by atoms with Crippen molar-refractivity contribution in [3.8, 4) is 0 Å². The molecule has 84 valence electrons. The number of hydrogen-bond acceptors (Lipinski definition) is 2. The summed E-state index contributed by atoms with van der Waals surface area (Å²) in [7, 11) is 0. The molecule has 0 aromatic heterocycles. The number of benzene rings is 1. The third-order valence-electron chi connectivity index (χ3n) is 2.52. The number of halogens is 2. The van der Waals surface area contributed by atoms with Crippen LogP contribution in [0.5, 0.6) is 0 Å². The number of imide groups is 1. The molecule has 1 heterocycles. The highest BCUT2D eigenvalue weighted by Gasteiger charge is 2.37. The van der Waals surface area contributed by atoms with E-state index in [-0.39, 0.29) is 12.1 Å².